The third-order valence-corrected chi connectivity index (χ3v) is 5.55. The first-order valence-corrected chi connectivity index (χ1v) is 10.1. The molecule has 0 saturated carbocycles. The smallest absolute Gasteiger partial charge is 0.221 e. The molecule has 4 rings (SSSR count). The van der Waals surface area contributed by atoms with E-state index in [1.165, 1.54) is 23.0 Å². The number of nitrogens with zero attached hydrogens (tertiary/aromatic N) is 8. The Morgan fingerprint density at radius 1 is 1.00 bits per heavy atom. The van der Waals surface area contributed by atoms with E-state index < -0.39 is 0 Å². The maximum atomic E-state index is 5.64. The third kappa shape index (κ3) is 4.07. The van der Waals surface area contributed by atoms with Gasteiger partial charge in [-0.1, -0.05) is 18.2 Å². The van der Waals surface area contributed by atoms with Gasteiger partial charge in [-0.15, -0.1) is 0 Å². The molecule has 9 heteroatoms. The zero-order valence-corrected chi connectivity index (χ0v) is 18.3. The zero-order valence-electron chi connectivity index (χ0n) is 17.5. The molecule has 2 aromatic carbocycles. The van der Waals surface area contributed by atoms with Crippen LogP contribution in [0, 0.1) is 18.6 Å². The van der Waals surface area contributed by atoms with Crippen LogP contribution >= 0.6 is 12.2 Å². The van der Waals surface area contributed by atoms with Gasteiger partial charge in [0.25, 0.3) is 0 Å². The summed E-state index contributed by atoms with van der Waals surface area (Å²) in [6.45, 7) is 6.82. The summed E-state index contributed by atoms with van der Waals surface area (Å²) in [7, 11) is 2.05. The fraction of sp³-hybridized carbons (Fsp3) is 0.286. The van der Waals surface area contributed by atoms with Gasteiger partial charge in [-0.25, -0.2) is 14.3 Å². The van der Waals surface area contributed by atoms with Crippen molar-refractivity contribution in [3.63, 3.8) is 0 Å². The number of hydrogen-bond donors (Lipinski definition) is 0. The van der Waals surface area contributed by atoms with E-state index in [1.807, 2.05) is 19.2 Å². The van der Waals surface area contributed by atoms with Crippen molar-refractivity contribution in [3.8, 4) is 11.4 Å². The molecule has 4 aromatic rings. The molecule has 30 heavy (non-hydrogen) atoms. The van der Waals surface area contributed by atoms with Gasteiger partial charge in [0.2, 0.25) is 4.77 Å². The maximum Gasteiger partial charge on any atom is 0.221 e. The Labute approximate surface area is 180 Å². The van der Waals surface area contributed by atoms with E-state index >= 15 is 0 Å². The molecule has 8 nitrogen and oxygen atoms in total. The Kier molecular flexibility index (Phi) is 5.56. The summed E-state index contributed by atoms with van der Waals surface area (Å²) in [6, 6.07) is 14.7. The van der Waals surface area contributed by atoms with Gasteiger partial charge in [0.1, 0.15) is 12.7 Å². The molecule has 0 saturated heterocycles. The lowest BCUT2D eigenvalue weighted by Gasteiger charge is -2.24. The van der Waals surface area contributed by atoms with Crippen LogP contribution in [0.3, 0.4) is 0 Å². The average Bonchev–Trinajstić information content (AvgIpc) is 3.38. The molecule has 0 aliphatic rings. The first-order chi connectivity index (χ1) is 14.4. The Morgan fingerprint density at radius 3 is 2.33 bits per heavy atom. The van der Waals surface area contributed by atoms with E-state index in [4.69, 9.17) is 12.2 Å². The van der Waals surface area contributed by atoms with Gasteiger partial charge in [-0.3, -0.25) is 4.90 Å². The van der Waals surface area contributed by atoms with Gasteiger partial charge < -0.3 is 0 Å². The lowest BCUT2D eigenvalue weighted by Crippen LogP contribution is -2.26. The van der Waals surface area contributed by atoms with Crippen molar-refractivity contribution in [1.29, 1.82) is 0 Å². The number of hydrogen-bond acceptors (Lipinski definition) is 6. The summed E-state index contributed by atoms with van der Waals surface area (Å²) in [5.74, 6) is 0. The molecule has 0 aliphatic heterocycles. The van der Waals surface area contributed by atoms with Crippen LogP contribution in [-0.2, 0) is 6.67 Å². The monoisotopic (exact) mass is 420 g/mol. The summed E-state index contributed by atoms with van der Waals surface area (Å²) < 4.78 is 5.76. The standard InChI is InChI=1S/C21H24N8S/c1-15-9-16(2)11-20(10-15)29-21(30)28(24-25-29)14-26(4)17(3)18-5-7-19(8-6-18)27-13-22-12-23-27/h5-13,17H,14H2,1-4H3/t17-/m0/s1. The van der Waals surface area contributed by atoms with Crippen LogP contribution in [0.15, 0.2) is 55.1 Å². The van der Waals surface area contributed by atoms with E-state index in [-0.39, 0.29) is 6.04 Å². The molecule has 0 bridgehead atoms. The van der Waals surface area contributed by atoms with Crippen molar-refractivity contribution >= 4 is 12.2 Å². The van der Waals surface area contributed by atoms with Crippen LogP contribution in [0.1, 0.15) is 29.7 Å². The molecule has 0 amide bonds. The summed E-state index contributed by atoms with van der Waals surface area (Å²) in [4.78, 5) is 6.17. The SMILES string of the molecule is Cc1cc(C)cc(-n2nnn(CN(C)[C@@H](C)c3ccc(-n4cncn4)cc3)c2=S)c1. The van der Waals surface area contributed by atoms with Gasteiger partial charge in [0.15, 0.2) is 0 Å². The van der Waals surface area contributed by atoms with Crippen LogP contribution in [0.5, 0.6) is 0 Å². The topological polar surface area (TPSA) is 69.6 Å². The predicted molar refractivity (Wildman–Crippen MR) is 117 cm³/mol. The van der Waals surface area contributed by atoms with Crippen molar-refractivity contribution < 1.29 is 0 Å². The van der Waals surface area contributed by atoms with Crippen molar-refractivity contribution in [2.45, 2.75) is 33.5 Å². The lowest BCUT2D eigenvalue weighted by atomic mass is 10.1. The number of aryl methyl sites for hydroxylation is 2. The van der Waals surface area contributed by atoms with Gasteiger partial charge in [-0.05, 0) is 91.4 Å². The lowest BCUT2D eigenvalue weighted by molar-refractivity contribution is 0.193. The van der Waals surface area contributed by atoms with E-state index in [1.54, 1.807) is 20.4 Å². The molecule has 0 fully saturated rings. The van der Waals surface area contributed by atoms with Gasteiger partial charge >= 0.3 is 0 Å². The number of benzene rings is 2. The highest BCUT2D eigenvalue weighted by Gasteiger charge is 2.15. The first kappa shape index (κ1) is 20.1. The summed E-state index contributed by atoms with van der Waals surface area (Å²) in [5, 5.41) is 12.7. The average molecular weight is 421 g/mol. The Bertz CT molecular complexity index is 1170. The Balaban J connectivity index is 1.50. The van der Waals surface area contributed by atoms with Crippen LogP contribution in [0.2, 0.25) is 0 Å². The van der Waals surface area contributed by atoms with E-state index in [0.717, 1.165) is 11.4 Å². The van der Waals surface area contributed by atoms with Crippen molar-refractivity contribution in [2.75, 3.05) is 7.05 Å². The summed E-state index contributed by atoms with van der Waals surface area (Å²) in [6.07, 6.45) is 3.21. The van der Waals surface area contributed by atoms with E-state index in [2.05, 4.69) is 76.5 Å². The number of rotatable bonds is 6. The van der Waals surface area contributed by atoms with E-state index in [9.17, 15) is 0 Å². The fourth-order valence-corrected chi connectivity index (χ4v) is 3.67. The third-order valence-electron chi connectivity index (χ3n) is 5.17. The molecule has 2 heterocycles. The summed E-state index contributed by atoms with van der Waals surface area (Å²) in [5.41, 5.74) is 5.44. The number of aromatic nitrogens is 7. The Morgan fingerprint density at radius 2 is 1.70 bits per heavy atom. The minimum absolute atomic E-state index is 0.170. The molecule has 1 atom stereocenters. The van der Waals surface area contributed by atoms with E-state index in [0.29, 0.717) is 11.4 Å². The fourth-order valence-electron chi connectivity index (χ4n) is 3.43. The second kappa shape index (κ2) is 8.29. The minimum atomic E-state index is 0.170. The molecule has 0 aliphatic carbocycles. The minimum Gasteiger partial charge on any atom is -0.281 e. The first-order valence-electron chi connectivity index (χ1n) is 9.69. The van der Waals surface area contributed by atoms with Crippen LogP contribution in [0.4, 0.5) is 0 Å². The van der Waals surface area contributed by atoms with Crippen molar-refractivity contribution in [2.24, 2.45) is 0 Å². The van der Waals surface area contributed by atoms with Crippen molar-refractivity contribution in [3.05, 3.63) is 76.6 Å². The molecular formula is C21H24N8S. The number of tetrazole rings is 1. The van der Waals surface area contributed by atoms with Crippen LogP contribution < -0.4 is 0 Å². The highest BCUT2D eigenvalue weighted by atomic mass is 32.1. The summed E-state index contributed by atoms with van der Waals surface area (Å²) >= 11 is 5.64. The quantitative estimate of drug-likeness (QED) is 0.444. The Hall–Kier alpha value is -3.17. The predicted octanol–water partition coefficient (Wildman–Crippen LogP) is 3.65. The maximum absolute atomic E-state index is 5.64. The van der Waals surface area contributed by atoms with Crippen LogP contribution in [0.25, 0.3) is 11.4 Å². The van der Waals surface area contributed by atoms with Crippen LogP contribution in [-0.4, -0.2) is 46.5 Å². The molecule has 2 aromatic heterocycles. The highest BCUT2D eigenvalue weighted by Crippen LogP contribution is 2.21. The van der Waals surface area contributed by atoms with Gasteiger partial charge in [-0.2, -0.15) is 9.78 Å². The molecule has 0 unspecified atom stereocenters. The molecular weight excluding hydrogens is 396 g/mol. The normalized spacial score (nSPS) is 12.4. The van der Waals surface area contributed by atoms with Gasteiger partial charge in [0.05, 0.1) is 18.0 Å². The second-order valence-electron chi connectivity index (χ2n) is 7.52. The molecule has 0 spiro atoms. The molecule has 0 N–H and O–H groups in total. The zero-order chi connectivity index (χ0) is 21.3. The molecule has 0 radical (unpaired) electrons. The highest BCUT2D eigenvalue weighted by molar-refractivity contribution is 7.71. The second-order valence-corrected chi connectivity index (χ2v) is 7.89. The van der Waals surface area contributed by atoms with Crippen molar-refractivity contribution in [1.82, 2.24) is 39.5 Å². The molecule has 154 valence electrons. The van der Waals surface area contributed by atoms with Gasteiger partial charge in [0, 0.05) is 6.04 Å². The largest absolute Gasteiger partial charge is 0.281 e.